The van der Waals surface area contributed by atoms with E-state index in [1.807, 2.05) is 32.0 Å². The number of anilines is 1. The Morgan fingerprint density at radius 1 is 1.16 bits per heavy atom. The lowest BCUT2D eigenvalue weighted by molar-refractivity contribution is -0.0431. The summed E-state index contributed by atoms with van der Waals surface area (Å²) in [4.78, 5) is 1.28. The fourth-order valence-corrected chi connectivity index (χ4v) is 3.39. The van der Waals surface area contributed by atoms with Crippen LogP contribution in [-0.2, 0) is 6.54 Å². The molecule has 0 amide bonds. The van der Waals surface area contributed by atoms with Crippen LogP contribution in [0.5, 0.6) is 11.5 Å². The molecule has 1 aliphatic rings. The van der Waals surface area contributed by atoms with Gasteiger partial charge in [0.15, 0.2) is 11.5 Å². The maximum Gasteiger partial charge on any atom is 0.246 e. The summed E-state index contributed by atoms with van der Waals surface area (Å²) >= 11 is 5.20. The number of nitrogens with one attached hydrogen (secondary N) is 1. The average molecular weight is 340 g/mol. The largest absolute Gasteiger partial charge is 0.449 e. The number of fused-ring (bicyclic) bond motifs is 1. The number of thiophene rings is 1. The Balaban J connectivity index is 1.70. The number of benzene rings is 1. The first-order valence-electron chi connectivity index (χ1n) is 6.02. The fraction of sp³-hybridized carbons (Fsp3) is 0.286. The minimum atomic E-state index is -0.570. The van der Waals surface area contributed by atoms with E-state index in [1.54, 1.807) is 11.3 Å². The van der Waals surface area contributed by atoms with Gasteiger partial charge in [-0.05, 0) is 40.2 Å². The van der Waals surface area contributed by atoms with E-state index in [0.717, 1.165) is 27.5 Å². The van der Waals surface area contributed by atoms with E-state index in [9.17, 15) is 0 Å². The van der Waals surface area contributed by atoms with Crippen molar-refractivity contribution >= 4 is 33.0 Å². The summed E-state index contributed by atoms with van der Waals surface area (Å²) in [5.41, 5.74) is 1.03. The molecule has 0 atom stereocenters. The lowest BCUT2D eigenvalue weighted by atomic mass is 10.3. The van der Waals surface area contributed by atoms with Crippen molar-refractivity contribution < 1.29 is 9.47 Å². The van der Waals surface area contributed by atoms with Crippen LogP contribution in [-0.4, -0.2) is 5.79 Å². The molecule has 1 aromatic heterocycles. The standard InChI is InChI=1S/C14H14BrNO2S/c1-14(2)17-11-5-3-9(7-12(11)18-14)16-8-10-4-6-13(15)19-10/h3-7,16H,8H2,1-2H3. The Morgan fingerprint density at radius 3 is 2.68 bits per heavy atom. The minimum absolute atomic E-state index is 0.570. The molecule has 1 N–H and O–H groups in total. The highest BCUT2D eigenvalue weighted by molar-refractivity contribution is 9.11. The Hall–Kier alpha value is -1.20. The molecule has 1 aromatic carbocycles. The number of ether oxygens (including phenoxy) is 2. The maximum absolute atomic E-state index is 5.72. The molecule has 2 heterocycles. The van der Waals surface area contributed by atoms with Gasteiger partial charge >= 0.3 is 0 Å². The van der Waals surface area contributed by atoms with Gasteiger partial charge in [0.1, 0.15) is 0 Å². The first kappa shape index (κ1) is 12.8. The van der Waals surface area contributed by atoms with Crippen LogP contribution in [0.4, 0.5) is 5.69 Å². The fourth-order valence-electron chi connectivity index (χ4n) is 1.97. The third kappa shape index (κ3) is 2.87. The molecule has 0 spiro atoms. The molecule has 1 aliphatic heterocycles. The highest BCUT2D eigenvalue weighted by Crippen LogP contribution is 2.40. The van der Waals surface area contributed by atoms with Crippen molar-refractivity contribution in [1.29, 1.82) is 0 Å². The van der Waals surface area contributed by atoms with Crippen LogP contribution in [0.2, 0.25) is 0 Å². The Morgan fingerprint density at radius 2 is 1.95 bits per heavy atom. The van der Waals surface area contributed by atoms with E-state index < -0.39 is 5.79 Å². The molecule has 0 unspecified atom stereocenters. The first-order chi connectivity index (χ1) is 9.02. The molecule has 19 heavy (non-hydrogen) atoms. The second-order valence-electron chi connectivity index (χ2n) is 4.82. The van der Waals surface area contributed by atoms with Crippen LogP contribution in [0.25, 0.3) is 0 Å². The molecule has 5 heteroatoms. The summed E-state index contributed by atoms with van der Waals surface area (Å²) in [5.74, 6) is 1.02. The molecule has 0 radical (unpaired) electrons. The Bertz CT molecular complexity index is 609. The number of hydrogen-bond acceptors (Lipinski definition) is 4. The summed E-state index contributed by atoms with van der Waals surface area (Å²) in [6.07, 6.45) is 0. The summed E-state index contributed by atoms with van der Waals surface area (Å²) in [6.45, 7) is 4.62. The average Bonchev–Trinajstić information content (AvgIpc) is 2.87. The summed E-state index contributed by atoms with van der Waals surface area (Å²) < 4.78 is 12.5. The van der Waals surface area contributed by atoms with Crippen molar-refractivity contribution in [2.24, 2.45) is 0 Å². The van der Waals surface area contributed by atoms with Gasteiger partial charge in [-0.1, -0.05) is 0 Å². The van der Waals surface area contributed by atoms with Crippen molar-refractivity contribution in [3.8, 4) is 11.5 Å². The summed E-state index contributed by atoms with van der Waals surface area (Å²) in [7, 11) is 0. The zero-order valence-electron chi connectivity index (χ0n) is 10.7. The number of halogens is 1. The van der Waals surface area contributed by atoms with Crippen molar-refractivity contribution in [1.82, 2.24) is 0 Å². The topological polar surface area (TPSA) is 30.5 Å². The van der Waals surface area contributed by atoms with E-state index in [4.69, 9.17) is 9.47 Å². The van der Waals surface area contributed by atoms with Crippen molar-refractivity contribution in [3.63, 3.8) is 0 Å². The highest BCUT2D eigenvalue weighted by atomic mass is 79.9. The van der Waals surface area contributed by atoms with Gasteiger partial charge in [0.2, 0.25) is 5.79 Å². The first-order valence-corrected chi connectivity index (χ1v) is 7.63. The Labute approximate surface area is 124 Å². The van der Waals surface area contributed by atoms with Crippen LogP contribution in [0, 0.1) is 0 Å². The molecule has 0 bridgehead atoms. The predicted octanol–water partition coefficient (Wildman–Crippen LogP) is 4.63. The summed E-state index contributed by atoms with van der Waals surface area (Å²) in [5, 5.41) is 3.39. The highest BCUT2D eigenvalue weighted by Gasteiger charge is 2.31. The van der Waals surface area contributed by atoms with Crippen molar-refractivity contribution in [2.45, 2.75) is 26.2 Å². The second kappa shape index (κ2) is 4.72. The number of rotatable bonds is 3. The van der Waals surface area contributed by atoms with Crippen molar-refractivity contribution in [3.05, 3.63) is 39.0 Å². The van der Waals surface area contributed by atoms with Gasteiger partial charge in [-0.2, -0.15) is 0 Å². The van der Waals surface area contributed by atoms with Gasteiger partial charge in [-0.15, -0.1) is 11.3 Å². The lowest BCUT2D eigenvalue weighted by Crippen LogP contribution is -2.29. The molecule has 0 fully saturated rings. The lowest BCUT2D eigenvalue weighted by Gasteiger charge is -2.16. The third-order valence-corrected chi connectivity index (χ3v) is 4.37. The van der Waals surface area contributed by atoms with Crippen LogP contribution in [0.15, 0.2) is 34.1 Å². The number of hydrogen-bond donors (Lipinski definition) is 1. The van der Waals surface area contributed by atoms with E-state index >= 15 is 0 Å². The zero-order chi connectivity index (χ0) is 13.5. The zero-order valence-corrected chi connectivity index (χ0v) is 13.1. The van der Waals surface area contributed by atoms with Crippen molar-refractivity contribution in [2.75, 3.05) is 5.32 Å². The van der Waals surface area contributed by atoms with Crippen LogP contribution < -0.4 is 14.8 Å². The monoisotopic (exact) mass is 339 g/mol. The molecule has 0 aliphatic carbocycles. The molecule has 0 saturated heterocycles. The van der Waals surface area contributed by atoms with E-state index in [-0.39, 0.29) is 0 Å². The van der Waals surface area contributed by atoms with Gasteiger partial charge in [-0.3, -0.25) is 0 Å². The molecular weight excluding hydrogens is 326 g/mol. The van der Waals surface area contributed by atoms with Gasteiger partial charge in [0, 0.05) is 37.0 Å². The normalized spacial score (nSPS) is 15.5. The molecule has 0 saturated carbocycles. The van der Waals surface area contributed by atoms with Gasteiger partial charge in [-0.25, -0.2) is 0 Å². The van der Waals surface area contributed by atoms with E-state index in [1.165, 1.54) is 4.88 Å². The van der Waals surface area contributed by atoms with E-state index in [2.05, 4.69) is 33.4 Å². The molecular formula is C14H14BrNO2S. The quantitative estimate of drug-likeness (QED) is 0.884. The van der Waals surface area contributed by atoms with Crippen LogP contribution in [0.1, 0.15) is 18.7 Å². The van der Waals surface area contributed by atoms with Crippen LogP contribution in [0.3, 0.4) is 0 Å². The summed E-state index contributed by atoms with van der Waals surface area (Å²) in [6, 6.07) is 10.1. The Kier molecular flexibility index (Phi) is 3.19. The van der Waals surface area contributed by atoms with Crippen LogP contribution >= 0.6 is 27.3 Å². The van der Waals surface area contributed by atoms with Gasteiger partial charge in [0.25, 0.3) is 0 Å². The minimum Gasteiger partial charge on any atom is -0.449 e. The molecule has 3 rings (SSSR count). The SMILES string of the molecule is CC1(C)Oc2ccc(NCc3ccc(Br)s3)cc2O1. The van der Waals surface area contributed by atoms with Gasteiger partial charge in [0.05, 0.1) is 3.79 Å². The van der Waals surface area contributed by atoms with Gasteiger partial charge < -0.3 is 14.8 Å². The smallest absolute Gasteiger partial charge is 0.246 e. The molecule has 2 aromatic rings. The predicted molar refractivity (Wildman–Crippen MR) is 81.1 cm³/mol. The van der Waals surface area contributed by atoms with E-state index in [0.29, 0.717) is 0 Å². The second-order valence-corrected chi connectivity index (χ2v) is 7.37. The molecule has 100 valence electrons. The maximum atomic E-state index is 5.72. The third-order valence-electron chi connectivity index (χ3n) is 2.75. The molecule has 3 nitrogen and oxygen atoms in total.